The number of hydrogen-bond donors (Lipinski definition) is 1. The smallest absolute Gasteiger partial charge is 0.254 e. The molecule has 0 radical (unpaired) electrons. The highest BCUT2D eigenvalue weighted by molar-refractivity contribution is 5.95. The minimum atomic E-state index is -0.379. The first-order valence-electron chi connectivity index (χ1n) is 8.56. The predicted molar refractivity (Wildman–Crippen MR) is 96.9 cm³/mol. The number of aromatic nitrogens is 4. The molecule has 1 amide bonds. The van der Waals surface area contributed by atoms with E-state index in [9.17, 15) is 9.18 Å². The van der Waals surface area contributed by atoms with E-state index in [0.29, 0.717) is 23.5 Å². The summed E-state index contributed by atoms with van der Waals surface area (Å²) in [4.78, 5) is 12.4. The van der Waals surface area contributed by atoms with Crippen molar-refractivity contribution in [1.82, 2.24) is 24.9 Å². The SMILES string of the molecule is Cc1cc(C)n(CCCNC(=O)c2cnn(-c3ccccc3F)c2C)n1. The van der Waals surface area contributed by atoms with E-state index in [0.717, 1.165) is 24.4 Å². The molecule has 6 nitrogen and oxygen atoms in total. The molecule has 0 aliphatic carbocycles. The third-order valence-electron chi connectivity index (χ3n) is 4.27. The van der Waals surface area contributed by atoms with Gasteiger partial charge < -0.3 is 5.32 Å². The Morgan fingerprint density at radius 1 is 1.23 bits per heavy atom. The molecular formula is C19H22FN5O. The summed E-state index contributed by atoms with van der Waals surface area (Å²) in [5, 5.41) is 11.4. The standard InChI is InChI=1S/C19H22FN5O/c1-13-11-14(2)24(23-13)10-6-9-21-19(26)16-12-22-25(15(16)3)18-8-5-4-7-17(18)20/h4-5,7-8,11-12H,6,9-10H2,1-3H3,(H,21,26). The molecule has 0 saturated heterocycles. The van der Waals surface area contributed by atoms with Gasteiger partial charge in [-0.25, -0.2) is 9.07 Å². The predicted octanol–water partition coefficient (Wildman–Crippen LogP) is 2.95. The molecular weight excluding hydrogens is 333 g/mol. The second-order valence-electron chi connectivity index (χ2n) is 6.27. The van der Waals surface area contributed by atoms with Gasteiger partial charge in [-0.15, -0.1) is 0 Å². The Morgan fingerprint density at radius 3 is 2.69 bits per heavy atom. The molecule has 0 spiro atoms. The lowest BCUT2D eigenvalue weighted by Crippen LogP contribution is -2.26. The Hall–Kier alpha value is -2.96. The number of hydrogen-bond acceptors (Lipinski definition) is 3. The fourth-order valence-corrected chi connectivity index (χ4v) is 2.93. The van der Waals surface area contributed by atoms with Crippen LogP contribution in [0.5, 0.6) is 0 Å². The van der Waals surface area contributed by atoms with E-state index in [2.05, 4.69) is 15.5 Å². The summed E-state index contributed by atoms with van der Waals surface area (Å²) >= 11 is 0. The molecule has 0 aliphatic heterocycles. The maximum Gasteiger partial charge on any atom is 0.254 e. The molecule has 3 rings (SSSR count). The summed E-state index contributed by atoms with van der Waals surface area (Å²) in [5.41, 5.74) is 3.47. The molecule has 0 aliphatic rings. The van der Waals surface area contributed by atoms with Gasteiger partial charge in [0.1, 0.15) is 11.5 Å². The summed E-state index contributed by atoms with van der Waals surface area (Å²) in [6.45, 7) is 7.00. The van der Waals surface area contributed by atoms with Gasteiger partial charge >= 0.3 is 0 Å². The Labute approximate surface area is 151 Å². The number of benzene rings is 1. The van der Waals surface area contributed by atoms with E-state index < -0.39 is 0 Å². The second kappa shape index (κ2) is 7.51. The highest BCUT2D eigenvalue weighted by Gasteiger charge is 2.16. The molecule has 0 bridgehead atoms. The number of nitrogens with one attached hydrogen (secondary N) is 1. The van der Waals surface area contributed by atoms with Crippen LogP contribution in [0.25, 0.3) is 5.69 Å². The number of carbonyl (C=O) groups excluding carboxylic acids is 1. The molecule has 2 heterocycles. The molecule has 0 unspecified atom stereocenters. The number of aryl methyl sites for hydroxylation is 3. The largest absolute Gasteiger partial charge is 0.352 e. The quantitative estimate of drug-likeness (QED) is 0.692. The van der Waals surface area contributed by atoms with Crippen molar-refractivity contribution in [3.8, 4) is 5.69 Å². The summed E-state index contributed by atoms with van der Waals surface area (Å²) in [7, 11) is 0. The fourth-order valence-electron chi connectivity index (χ4n) is 2.93. The zero-order valence-electron chi connectivity index (χ0n) is 15.2. The Balaban J connectivity index is 1.60. The third kappa shape index (κ3) is 3.66. The summed E-state index contributed by atoms with van der Waals surface area (Å²) in [6.07, 6.45) is 2.24. The molecule has 3 aromatic rings. The number of nitrogens with zero attached hydrogens (tertiary/aromatic N) is 4. The van der Waals surface area contributed by atoms with Gasteiger partial charge in [-0.05, 0) is 45.4 Å². The van der Waals surface area contributed by atoms with Gasteiger partial charge in [-0.1, -0.05) is 12.1 Å². The van der Waals surface area contributed by atoms with Crippen molar-refractivity contribution in [1.29, 1.82) is 0 Å². The van der Waals surface area contributed by atoms with E-state index in [1.165, 1.54) is 16.9 Å². The van der Waals surface area contributed by atoms with Crippen LogP contribution in [0.15, 0.2) is 36.5 Å². The molecule has 0 fully saturated rings. The molecule has 0 saturated carbocycles. The van der Waals surface area contributed by atoms with E-state index in [4.69, 9.17) is 0 Å². The van der Waals surface area contributed by atoms with Crippen LogP contribution in [0.3, 0.4) is 0 Å². The molecule has 1 N–H and O–H groups in total. The van der Waals surface area contributed by atoms with Gasteiger partial charge in [0.25, 0.3) is 5.91 Å². The van der Waals surface area contributed by atoms with Gasteiger partial charge in [0.05, 0.1) is 23.1 Å². The molecule has 136 valence electrons. The number of halogens is 1. The van der Waals surface area contributed by atoms with Crippen LogP contribution in [-0.4, -0.2) is 32.0 Å². The topological polar surface area (TPSA) is 64.7 Å². The van der Waals surface area contributed by atoms with Crippen LogP contribution in [-0.2, 0) is 6.54 Å². The van der Waals surface area contributed by atoms with E-state index >= 15 is 0 Å². The van der Waals surface area contributed by atoms with E-state index in [-0.39, 0.29) is 11.7 Å². The zero-order valence-corrected chi connectivity index (χ0v) is 15.2. The first kappa shape index (κ1) is 17.8. The zero-order chi connectivity index (χ0) is 18.7. The second-order valence-corrected chi connectivity index (χ2v) is 6.27. The van der Waals surface area contributed by atoms with E-state index in [1.54, 1.807) is 25.1 Å². The Bertz CT molecular complexity index is 928. The Kier molecular flexibility index (Phi) is 5.16. The minimum absolute atomic E-state index is 0.210. The van der Waals surface area contributed by atoms with E-state index in [1.807, 2.05) is 24.6 Å². The fraction of sp³-hybridized carbons (Fsp3) is 0.316. The maximum absolute atomic E-state index is 13.9. The van der Waals surface area contributed by atoms with Gasteiger partial charge in [-0.2, -0.15) is 10.2 Å². The van der Waals surface area contributed by atoms with Crippen molar-refractivity contribution in [3.63, 3.8) is 0 Å². The summed E-state index contributed by atoms with van der Waals surface area (Å²) < 4.78 is 17.3. The number of carbonyl (C=O) groups is 1. The van der Waals surface area contributed by atoms with Crippen LogP contribution in [0, 0.1) is 26.6 Å². The monoisotopic (exact) mass is 355 g/mol. The van der Waals surface area contributed by atoms with Crippen molar-refractivity contribution in [3.05, 3.63) is 65.0 Å². The molecule has 2 aromatic heterocycles. The third-order valence-corrected chi connectivity index (χ3v) is 4.27. The lowest BCUT2D eigenvalue weighted by molar-refractivity contribution is 0.0952. The van der Waals surface area contributed by atoms with Gasteiger partial charge in [-0.3, -0.25) is 9.48 Å². The van der Waals surface area contributed by atoms with Gasteiger partial charge in [0.15, 0.2) is 0 Å². The minimum Gasteiger partial charge on any atom is -0.352 e. The van der Waals surface area contributed by atoms with Crippen molar-refractivity contribution >= 4 is 5.91 Å². The van der Waals surface area contributed by atoms with Gasteiger partial charge in [0.2, 0.25) is 0 Å². The van der Waals surface area contributed by atoms with Crippen LogP contribution < -0.4 is 5.32 Å². The lowest BCUT2D eigenvalue weighted by atomic mass is 10.2. The first-order valence-corrected chi connectivity index (χ1v) is 8.56. The van der Waals surface area contributed by atoms with Crippen LogP contribution >= 0.6 is 0 Å². The average Bonchev–Trinajstić information content (AvgIpc) is 3.14. The normalized spacial score (nSPS) is 10.9. The lowest BCUT2D eigenvalue weighted by Gasteiger charge is -2.08. The van der Waals surface area contributed by atoms with Crippen LogP contribution in [0.2, 0.25) is 0 Å². The molecule has 0 atom stereocenters. The number of amides is 1. The maximum atomic E-state index is 13.9. The van der Waals surface area contributed by atoms with Crippen molar-refractivity contribution < 1.29 is 9.18 Å². The Morgan fingerprint density at radius 2 is 2.00 bits per heavy atom. The summed E-state index contributed by atoms with van der Waals surface area (Å²) in [5.74, 6) is -0.589. The molecule has 1 aromatic carbocycles. The van der Waals surface area contributed by atoms with Crippen molar-refractivity contribution in [2.45, 2.75) is 33.7 Å². The number of para-hydroxylation sites is 1. The highest BCUT2D eigenvalue weighted by atomic mass is 19.1. The first-order chi connectivity index (χ1) is 12.5. The van der Waals surface area contributed by atoms with Crippen LogP contribution in [0.4, 0.5) is 4.39 Å². The van der Waals surface area contributed by atoms with Crippen molar-refractivity contribution in [2.75, 3.05) is 6.54 Å². The van der Waals surface area contributed by atoms with Crippen LogP contribution in [0.1, 0.15) is 33.9 Å². The molecule has 7 heteroatoms. The summed E-state index contributed by atoms with van der Waals surface area (Å²) in [6, 6.07) is 8.38. The van der Waals surface area contributed by atoms with Gasteiger partial charge in [0, 0.05) is 18.8 Å². The average molecular weight is 355 g/mol. The molecule has 26 heavy (non-hydrogen) atoms. The number of rotatable bonds is 6. The van der Waals surface area contributed by atoms with Crippen molar-refractivity contribution in [2.24, 2.45) is 0 Å². The highest BCUT2D eigenvalue weighted by Crippen LogP contribution is 2.17.